The molecule has 90 valence electrons. The van der Waals surface area contributed by atoms with Gasteiger partial charge in [0.1, 0.15) is 0 Å². The molecule has 4 heteroatoms. The summed E-state index contributed by atoms with van der Waals surface area (Å²) in [4.78, 5) is 1.41. The van der Waals surface area contributed by atoms with Crippen molar-refractivity contribution >= 4 is 27.3 Å². The van der Waals surface area contributed by atoms with E-state index in [1.165, 1.54) is 41.0 Å². The van der Waals surface area contributed by atoms with Crippen molar-refractivity contribution in [1.82, 2.24) is 10.6 Å². The predicted octanol–water partition coefficient (Wildman–Crippen LogP) is 2.99. The zero-order valence-electron chi connectivity index (χ0n) is 9.47. The Morgan fingerprint density at radius 2 is 2.19 bits per heavy atom. The Hall–Kier alpha value is 0.1000. The van der Waals surface area contributed by atoms with Crippen LogP contribution < -0.4 is 10.6 Å². The maximum absolute atomic E-state index is 3.53. The Balaban J connectivity index is 1.57. The molecule has 0 aliphatic carbocycles. The summed E-state index contributed by atoms with van der Waals surface area (Å²) >= 11 is 5.31. The van der Waals surface area contributed by atoms with Crippen LogP contribution in [0.1, 0.15) is 24.1 Å². The minimum Gasteiger partial charge on any atom is -0.317 e. The molecule has 1 aliphatic heterocycles. The van der Waals surface area contributed by atoms with Crippen LogP contribution in [0.15, 0.2) is 15.9 Å². The van der Waals surface area contributed by atoms with Crippen molar-refractivity contribution in [3.8, 4) is 0 Å². The number of hydrogen-bond donors (Lipinski definition) is 2. The standard InChI is InChI=1S/C12H19BrN2S/c13-12-2-1-11(16-12)9-15-8-5-10-3-6-14-7-4-10/h1-2,10,14-15H,3-9H2. The van der Waals surface area contributed by atoms with Crippen LogP contribution in [-0.4, -0.2) is 19.6 Å². The van der Waals surface area contributed by atoms with E-state index in [1.54, 1.807) is 0 Å². The third kappa shape index (κ3) is 4.17. The van der Waals surface area contributed by atoms with Crippen molar-refractivity contribution in [3.05, 3.63) is 20.8 Å². The Morgan fingerprint density at radius 1 is 1.38 bits per heavy atom. The molecule has 1 aliphatic rings. The zero-order chi connectivity index (χ0) is 11.2. The van der Waals surface area contributed by atoms with Crippen LogP contribution in [0.3, 0.4) is 0 Å². The number of thiophene rings is 1. The second-order valence-electron chi connectivity index (χ2n) is 4.36. The third-order valence-electron chi connectivity index (χ3n) is 3.12. The summed E-state index contributed by atoms with van der Waals surface area (Å²) in [6.07, 6.45) is 4.03. The van der Waals surface area contributed by atoms with Gasteiger partial charge in [0.15, 0.2) is 0 Å². The van der Waals surface area contributed by atoms with Gasteiger partial charge in [-0.05, 0) is 72.9 Å². The van der Waals surface area contributed by atoms with Crippen LogP contribution in [0.25, 0.3) is 0 Å². The normalized spacial score (nSPS) is 17.8. The molecular weight excluding hydrogens is 284 g/mol. The van der Waals surface area contributed by atoms with E-state index >= 15 is 0 Å². The van der Waals surface area contributed by atoms with E-state index in [9.17, 15) is 0 Å². The third-order valence-corrected chi connectivity index (χ3v) is 4.74. The fourth-order valence-corrected chi connectivity index (χ4v) is 3.59. The molecule has 0 amide bonds. The molecule has 16 heavy (non-hydrogen) atoms. The van der Waals surface area contributed by atoms with Gasteiger partial charge in [0.25, 0.3) is 0 Å². The van der Waals surface area contributed by atoms with Gasteiger partial charge in [0.05, 0.1) is 3.79 Å². The minimum atomic E-state index is 0.934. The van der Waals surface area contributed by atoms with Crippen molar-refractivity contribution in [2.24, 2.45) is 5.92 Å². The first-order valence-corrected chi connectivity index (χ1v) is 7.61. The SMILES string of the molecule is Brc1ccc(CNCCC2CCNCC2)s1. The van der Waals surface area contributed by atoms with E-state index in [1.807, 2.05) is 11.3 Å². The molecule has 0 unspecified atom stereocenters. The summed E-state index contributed by atoms with van der Waals surface area (Å²) in [6, 6.07) is 4.31. The molecule has 0 spiro atoms. The van der Waals surface area contributed by atoms with Gasteiger partial charge in [-0.15, -0.1) is 11.3 Å². The summed E-state index contributed by atoms with van der Waals surface area (Å²) in [5.41, 5.74) is 0. The highest BCUT2D eigenvalue weighted by Gasteiger charge is 2.11. The van der Waals surface area contributed by atoms with Crippen LogP contribution >= 0.6 is 27.3 Å². The van der Waals surface area contributed by atoms with Gasteiger partial charge in [-0.25, -0.2) is 0 Å². The molecule has 0 aromatic carbocycles. The molecule has 1 aromatic rings. The average Bonchev–Trinajstić information content (AvgIpc) is 2.72. The zero-order valence-corrected chi connectivity index (χ0v) is 11.9. The lowest BCUT2D eigenvalue weighted by Crippen LogP contribution is -2.29. The summed E-state index contributed by atoms with van der Waals surface area (Å²) in [5, 5.41) is 6.94. The maximum Gasteiger partial charge on any atom is 0.0701 e. The minimum absolute atomic E-state index is 0.934. The van der Waals surface area contributed by atoms with Crippen molar-refractivity contribution in [2.75, 3.05) is 19.6 Å². The highest BCUT2D eigenvalue weighted by molar-refractivity contribution is 9.11. The van der Waals surface area contributed by atoms with Gasteiger partial charge >= 0.3 is 0 Å². The van der Waals surface area contributed by atoms with Gasteiger partial charge in [0.2, 0.25) is 0 Å². The summed E-state index contributed by atoms with van der Waals surface area (Å²) in [5.74, 6) is 0.934. The van der Waals surface area contributed by atoms with Gasteiger partial charge in [0, 0.05) is 11.4 Å². The Morgan fingerprint density at radius 3 is 2.88 bits per heavy atom. The van der Waals surface area contributed by atoms with Crippen LogP contribution in [0.5, 0.6) is 0 Å². The highest BCUT2D eigenvalue weighted by Crippen LogP contribution is 2.21. The van der Waals surface area contributed by atoms with E-state index < -0.39 is 0 Å². The number of halogens is 1. The Labute approximate surface area is 110 Å². The Bertz CT molecular complexity index is 308. The topological polar surface area (TPSA) is 24.1 Å². The lowest BCUT2D eigenvalue weighted by Gasteiger charge is -2.22. The van der Waals surface area contributed by atoms with Crippen LogP contribution in [-0.2, 0) is 6.54 Å². The quantitative estimate of drug-likeness (QED) is 0.817. The predicted molar refractivity (Wildman–Crippen MR) is 73.9 cm³/mol. The summed E-state index contributed by atoms with van der Waals surface area (Å²) in [6.45, 7) is 4.59. The largest absolute Gasteiger partial charge is 0.317 e. The fourth-order valence-electron chi connectivity index (χ4n) is 2.13. The van der Waals surface area contributed by atoms with Crippen LogP contribution in [0.4, 0.5) is 0 Å². The van der Waals surface area contributed by atoms with Crippen molar-refractivity contribution < 1.29 is 0 Å². The van der Waals surface area contributed by atoms with Crippen molar-refractivity contribution in [3.63, 3.8) is 0 Å². The van der Waals surface area contributed by atoms with E-state index in [2.05, 4.69) is 38.7 Å². The second-order valence-corrected chi connectivity index (χ2v) is 6.91. The molecule has 2 nitrogen and oxygen atoms in total. The highest BCUT2D eigenvalue weighted by atomic mass is 79.9. The molecular formula is C12H19BrN2S. The molecule has 0 atom stereocenters. The van der Waals surface area contributed by atoms with E-state index in [4.69, 9.17) is 0 Å². The van der Waals surface area contributed by atoms with Crippen LogP contribution in [0.2, 0.25) is 0 Å². The second kappa shape index (κ2) is 6.74. The van der Waals surface area contributed by atoms with Crippen LogP contribution in [0, 0.1) is 5.92 Å². The summed E-state index contributed by atoms with van der Waals surface area (Å²) in [7, 11) is 0. The monoisotopic (exact) mass is 302 g/mol. The molecule has 2 heterocycles. The first kappa shape index (κ1) is 12.6. The average molecular weight is 303 g/mol. The molecule has 0 bridgehead atoms. The molecule has 2 N–H and O–H groups in total. The van der Waals surface area contributed by atoms with Crippen molar-refractivity contribution in [1.29, 1.82) is 0 Å². The number of rotatable bonds is 5. The lowest BCUT2D eigenvalue weighted by molar-refractivity contribution is 0.348. The molecule has 1 aromatic heterocycles. The van der Waals surface area contributed by atoms with Gasteiger partial charge in [-0.2, -0.15) is 0 Å². The molecule has 1 saturated heterocycles. The van der Waals surface area contributed by atoms with E-state index in [0.717, 1.165) is 19.0 Å². The first-order chi connectivity index (χ1) is 7.84. The lowest BCUT2D eigenvalue weighted by atomic mass is 9.95. The number of nitrogens with one attached hydrogen (secondary N) is 2. The smallest absolute Gasteiger partial charge is 0.0701 e. The molecule has 0 saturated carbocycles. The number of piperidine rings is 1. The Kier molecular flexibility index (Phi) is 5.29. The maximum atomic E-state index is 3.53. The van der Waals surface area contributed by atoms with Gasteiger partial charge in [-0.1, -0.05) is 0 Å². The summed E-state index contributed by atoms with van der Waals surface area (Å²) < 4.78 is 1.22. The van der Waals surface area contributed by atoms with Gasteiger partial charge < -0.3 is 10.6 Å². The number of hydrogen-bond acceptors (Lipinski definition) is 3. The van der Waals surface area contributed by atoms with Gasteiger partial charge in [-0.3, -0.25) is 0 Å². The van der Waals surface area contributed by atoms with E-state index in [0.29, 0.717) is 0 Å². The first-order valence-electron chi connectivity index (χ1n) is 6.00. The molecule has 0 radical (unpaired) electrons. The fraction of sp³-hybridized carbons (Fsp3) is 0.667. The van der Waals surface area contributed by atoms with Crippen molar-refractivity contribution in [2.45, 2.75) is 25.8 Å². The molecule has 1 fully saturated rings. The van der Waals surface area contributed by atoms with E-state index in [-0.39, 0.29) is 0 Å². The molecule has 2 rings (SSSR count).